The van der Waals surface area contributed by atoms with E-state index in [1.165, 1.54) is 5.56 Å². The predicted molar refractivity (Wildman–Crippen MR) is 68.8 cm³/mol. The van der Waals surface area contributed by atoms with E-state index in [0.29, 0.717) is 11.6 Å². The van der Waals surface area contributed by atoms with E-state index in [2.05, 4.69) is 24.9 Å². The van der Waals surface area contributed by atoms with Crippen molar-refractivity contribution in [3.8, 4) is 0 Å². The van der Waals surface area contributed by atoms with Crippen LogP contribution >= 0.6 is 0 Å². The summed E-state index contributed by atoms with van der Waals surface area (Å²) in [6, 6.07) is 13.6. The summed E-state index contributed by atoms with van der Waals surface area (Å²) in [5.74, 6) is 0.464. The molecular formula is C15H17NO. The molecule has 0 unspecified atom stereocenters. The van der Waals surface area contributed by atoms with Gasteiger partial charge in [-0.1, -0.05) is 44.2 Å². The zero-order chi connectivity index (χ0) is 12.3. The van der Waals surface area contributed by atoms with Crippen LogP contribution in [0.4, 0.5) is 0 Å². The Bertz CT molecular complexity index is 479. The second-order valence-corrected chi connectivity index (χ2v) is 4.48. The standard InChI is InChI=1S/C15H17NO/c1-11(2)12-6-5-7-13(10-12)15(17)14-8-3-4-9-16-14/h3-11,15,17H,1-2H3/t15-/m1/s1. The zero-order valence-electron chi connectivity index (χ0n) is 10.2. The summed E-state index contributed by atoms with van der Waals surface area (Å²) >= 11 is 0. The van der Waals surface area contributed by atoms with E-state index < -0.39 is 6.10 Å². The lowest BCUT2D eigenvalue weighted by Gasteiger charge is -2.13. The molecule has 1 aromatic heterocycles. The van der Waals surface area contributed by atoms with Gasteiger partial charge in [-0.15, -0.1) is 0 Å². The van der Waals surface area contributed by atoms with Crippen molar-refractivity contribution in [3.63, 3.8) is 0 Å². The molecule has 0 fully saturated rings. The van der Waals surface area contributed by atoms with E-state index in [4.69, 9.17) is 0 Å². The summed E-state index contributed by atoms with van der Waals surface area (Å²) in [5.41, 5.74) is 2.82. The number of pyridine rings is 1. The van der Waals surface area contributed by atoms with Crippen molar-refractivity contribution < 1.29 is 5.11 Å². The minimum absolute atomic E-state index is 0.464. The van der Waals surface area contributed by atoms with Crippen molar-refractivity contribution in [2.75, 3.05) is 0 Å². The third-order valence-electron chi connectivity index (χ3n) is 2.86. The van der Waals surface area contributed by atoms with Crippen LogP contribution in [0.3, 0.4) is 0 Å². The molecule has 2 heteroatoms. The average Bonchev–Trinajstić information content (AvgIpc) is 2.39. The van der Waals surface area contributed by atoms with Gasteiger partial charge in [0.15, 0.2) is 0 Å². The van der Waals surface area contributed by atoms with Crippen LogP contribution in [0.25, 0.3) is 0 Å². The van der Waals surface area contributed by atoms with Gasteiger partial charge in [-0.25, -0.2) is 0 Å². The van der Waals surface area contributed by atoms with Gasteiger partial charge in [0.1, 0.15) is 6.10 Å². The number of rotatable bonds is 3. The monoisotopic (exact) mass is 227 g/mol. The first-order valence-corrected chi connectivity index (χ1v) is 5.87. The van der Waals surface area contributed by atoms with Crippen LogP contribution in [0.2, 0.25) is 0 Å². The third-order valence-corrected chi connectivity index (χ3v) is 2.86. The van der Waals surface area contributed by atoms with E-state index in [1.54, 1.807) is 6.20 Å². The fourth-order valence-corrected chi connectivity index (χ4v) is 1.80. The highest BCUT2D eigenvalue weighted by atomic mass is 16.3. The second-order valence-electron chi connectivity index (χ2n) is 4.48. The summed E-state index contributed by atoms with van der Waals surface area (Å²) in [6.07, 6.45) is 1.06. The molecule has 1 aromatic carbocycles. The maximum Gasteiger partial charge on any atom is 0.121 e. The summed E-state index contributed by atoms with van der Waals surface area (Å²) in [6.45, 7) is 4.29. The van der Waals surface area contributed by atoms with Crippen LogP contribution in [0.15, 0.2) is 48.7 Å². The maximum absolute atomic E-state index is 10.2. The van der Waals surface area contributed by atoms with Crippen molar-refractivity contribution in [3.05, 3.63) is 65.5 Å². The highest BCUT2D eigenvalue weighted by Crippen LogP contribution is 2.23. The highest BCUT2D eigenvalue weighted by Gasteiger charge is 2.12. The Morgan fingerprint density at radius 3 is 2.41 bits per heavy atom. The van der Waals surface area contributed by atoms with Crippen molar-refractivity contribution in [2.45, 2.75) is 25.9 Å². The molecular weight excluding hydrogens is 210 g/mol. The molecule has 0 amide bonds. The lowest BCUT2D eigenvalue weighted by atomic mass is 9.97. The van der Waals surface area contributed by atoms with Crippen molar-refractivity contribution in [1.29, 1.82) is 0 Å². The van der Waals surface area contributed by atoms with E-state index in [1.807, 2.05) is 36.4 Å². The van der Waals surface area contributed by atoms with Crippen molar-refractivity contribution in [1.82, 2.24) is 4.98 Å². The Morgan fingerprint density at radius 1 is 1.00 bits per heavy atom. The molecule has 1 N–H and O–H groups in total. The zero-order valence-corrected chi connectivity index (χ0v) is 10.2. The number of aromatic nitrogens is 1. The molecule has 1 heterocycles. The first-order chi connectivity index (χ1) is 8.18. The Labute approximate surface area is 102 Å². The predicted octanol–water partition coefficient (Wildman–Crippen LogP) is 3.29. The van der Waals surface area contributed by atoms with Gasteiger partial charge in [0.05, 0.1) is 5.69 Å². The molecule has 2 nitrogen and oxygen atoms in total. The van der Waals surface area contributed by atoms with E-state index in [0.717, 1.165) is 5.56 Å². The quantitative estimate of drug-likeness (QED) is 0.872. The fourth-order valence-electron chi connectivity index (χ4n) is 1.80. The summed E-state index contributed by atoms with van der Waals surface area (Å²) in [7, 11) is 0. The van der Waals surface area contributed by atoms with E-state index >= 15 is 0 Å². The highest BCUT2D eigenvalue weighted by molar-refractivity contribution is 5.31. The Kier molecular flexibility index (Phi) is 3.55. The molecule has 0 bridgehead atoms. The Hall–Kier alpha value is -1.67. The number of benzene rings is 1. The summed E-state index contributed by atoms with van der Waals surface area (Å²) < 4.78 is 0. The van der Waals surface area contributed by atoms with E-state index in [9.17, 15) is 5.11 Å². The lowest BCUT2D eigenvalue weighted by Crippen LogP contribution is -2.02. The van der Waals surface area contributed by atoms with Gasteiger partial charge in [0, 0.05) is 6.20 Å². The van der Waals surface area contributed by atoms with Gasteiger partial charge in [-0.2, -0.15) is 0 Å². The molecule has 0 saturated carbocycles. The van der Waals surface area contributed by atoms with Gasteiger partial charge in [0.2, 0.25) is 0 Å². The molecule has 0 aliphatic carbocycles. The molecule has 88 valence electrons. The first-order valence-electron chi connectivity index (χ1n) is 5.87. The minimum Gasteiger partial charge on any atom is -0.382 e. The molecule has 17 heavy (non-hydrogen) atoms. The van der Waals surface area contributed by atoms with Crippen LogP contribution in [-0.2, 0) is 0 Å². The minimum atomic E-state index is -0.644. The third kappa shape index (κ3) is 2.71. The molecule has 0 aliphatic rings. The number of aliphatic hydroxyl groups is 1. The second kappa shape index (κ2) is 5.11. The molecule has 1 atom stereocenters. The van der Waals surface area contributed by atoms with Crippen LogP contribution in [0, 0.1) is 0 Å². The number of hydrogen-bond donors (Lipinski definition) is 1. The molecule has 0 aliphatic heterocycles. The lowest BCUT2D eigenvalue weighted by molar-refractivity contribution is 0.215. The van der Waals surface area contributed by atoms with Crippen molar-refractivity contribution in [2.24, 2.45) is 0 Å². The van der Waals surface area contributed by atoms with Gasteiger partial charge >= 0.3 is 0 Å². The normalized spacial score (nSPS) is 12.7. The summed E-state index contributed by atoms with van der Waals surface area (Å²) in [5, 5.41) is 10.2. The number of hydrogen-bond acceptors (Lipinski definition) is 2. The molecule has 0 saturated heterocycles. The van der Waals surface area contributed by atoms with Crippen LogP contribution < -0.4 is 0 Å². The molecule has 2 aromatic rings. The smallest absolute Gasteiger partial charge is 0.121 e. The fraction of sp³-hybridized carbons (Fsp3) is 0.267. The van der Waals surface area contributed by atoms with Gasteiger partial charge in [0.25, 0.3) is 0 Å². The molecule has 0 radical (unpaired) electrons. The Balaban J connectivity index is 2.31. The van der Waals surface area contributed by atoms with Crippen LogP contribution in [-0.4, -0.2) is 10.1 Å². The van der Waals surface area contributed by atoms with Gasteiger partial charge in [-0.05, 0) is 29.2 Å². The molecule has 0 spiro atoms. The Morgan fingerprint density at radius 2 is 1.76 bits per heavy atom. The SMILES string of the molecule is CC(C)c1cccc([C@@H](O)c2ccccn2)c1. The summed E-state index contributed by atoms with van der Waals surface area (Å²) in [4.78, 5) is 4.18. The van der Waals surface area contributed by atoms with Crippen LogP contribution in [0.5, 0.6) is 0 Å². The van der Waals surface area contributed by atoms with Crippen molar-refractivity contribution >= 4 is 0 Å². The topological polar surface area (TPSA) is 33.1 Å². The largest absolute Gasteiger partial charge is 0.382 e. The van der Waals surface area contributed by atoms with Gasteiger partial charge in [-0.3, -0.25) is 4.98 Å². The van der Waals surface area contributed by atoms with Crippen LogP contribution in [0.1, 0.15) is 42.7 Å². The van der Waals surface area contributed by atoms with Gasteiger partial charge < -0.3 is 5.11 Å². The number of aliphatic hydroxyl groups excluding tert-OH is 1. The van der Waals surface area contributed by atoms with E-state index in [-0.39, 0.29) is 0 Å². The molecule has 2 rings (SSSR count). The number of nitrogens with zero attached hydrogens (tertiary/aromatic N) is 1. The average molecular weight is 227 g/mol. The first kappa shape index (κ1) is 11.8. The maximum atomic E-state index is 10.2.